The first-order chi connectivity index (χ1) is 11.7. The third-order valence-corrected chi connectivity index (χ3v) is 6.83. The van der Waals surface area contributed by atoms with Crippen molar-refractivity contribution in [2.24, 2.45) is 7.05 Å². The molecular weight excluding hydrogens is 342 g/mol. The molecule has 8 heteroatoms. The first-order valence-electron chi connectivity index (χ1n) is 8.13. The Labute approximate surface area is 149 Å². The fourth-order valence-electron chi connectivity index (χ4n) is 2.58. The number of unbranched alkanes of at least 4 members (excludes halogenated alkanes) is 1. The number of carbonyl (C=O) groups excluding carboxylic acids is 1. The number of nitrogens with zero attached hydrogens (tertiary/aromatic N) is 4. The maximum atomic E-state index is 12.1. The van der Waals surface area contributed by atoms with Crippen molar-refractivity contribution in [2.75, 3.05) is 11.1 Å². The van der Waals surface area contributed by atoms with Gasteiger partial charge in [0.05, 0.1) is 7.05 Å². The lowest BCUT2D eigenvalue weighted by molar-refractivity contribution is -0.116. The summed E-state index contributed by atoms with van der Waals surface area (Å²) in [7, 11) is 5.70. The number of anilines is 1. The van der Waals surface area contributed by atoms with Gasteiger partial charge in [-0.15, -0.1) is 10.2 Å². The standard InChI is InChI=1S/C16H21N5OS2/c1-21-19-16(18-20-21)12-5-4-6-13(11-12)17-15(22)8-3-2-7-14-9-10-23-24-14/h4-6,11,14H,2-3,7-10H2,1H3,(H,17,22)/t14-/m0/s1. The summed E-state index contributed by atoms with van der Waals surface area (Å²) >= 11 is 0. The van der Waals surface area contributed by atoms with Crippen molar-refractivity contribution < 1.29 is 4.79 Å². The highest BCUT2D eigenvalue weighted by atomic mass is 33.1. The summed E-state index contributed by atoms with van der Waals surface area (Å²) in [6.45, 7) is 0. The van der Waals surface area contributed by atoms with E-state index in [0.29, 0.717) is 12.2 Å². The number of hydrogen-bond donors (Lipinski definition) is 1. The van der Waals surface area contributed by atoms with E-state index in [1.54, 1.807) is 7.05 Å². The highest BCUT2D eigenvalue weighted by molar-refractivity contribution is 8.77. The smallest absolute Gasteiger partial charge is 0.224 e. The summed E-state index contributed by atoms with van der Waals surface area (Å²) in [5.74, 6) is 1.89. The van der Waals surface area contributed by atoms with E-state index in [2.05, 4.69) is 20.7 Å². The maximum absolute atomic E-state index is 12.1. The summed E-state index contributed by atoms with van der Waals surface area (Å²) in [5, 5.41) is 15.7. The Morgan fingerprint density at radius 3 is 3.08 bits per heavy atom. The predicted molar refractivity (Wildman–Crippen MR) is 99.8 cm³/mol. The minimum Gasteiger partial charge on any atom is -0.326 e. The van der Waals surface area contributed by atoms with Crippen LogP contribution in [0, 0.1) is 0 Å². The van der Waals surface area contributed by atoms with E-state index >= 15 is 0 Å². The average Bonchev–Trinajstić information content (AvgIpc) is 3.23. The van der Waals surface area contributed by atoms with Gasteiger partial charge in [0, 0.05) is 28.7 Å². The Morgan fingerprint density at radius 1 is 1.42 bits per heavy atom. The minimum absolute atomic E-state index is 0.0627. The van der Waals surface area contributed by atoms with E-state index in [1.807, 2.05) is 45.9 Å². The molecule has 1 aliphatic heterocycles. The Balaban J connectivity index is 1.45. The quantitative estimate of drug-likeness (QED) is 0.599. The van der Waals surface area contributed by atoms with Gasteiger partial charge in [0.2, 0.25) is 11.7 Å². The first-order valence-corrected chi connectivity index (χ1v) is 10.5. The molecule has 1 aromatic carbocycles. The SMILES string of the molecule is Cn1nnc(-c2cccc(NC(=O)CCCC[C@H]3CCSS3)c2)n1. The van der Waals surface area contributed by atoms with Crippen molar-refractivity contribution in [3.63, 3.8) is 0 Å². The van der Waals surface area contributed by atoms with Gasteiger partial charge in [0.25, 0.3) is 0 Å². The number of benzene rings is 1. The molecule has 2 aromatic rings. The van der Waals surface area contributed by atoms with Gasteiger partial charge in [-0.05, 0) is 36.6 Å². The molecule has 0 spiro atoms. The molecule has 24 heavy (non-hydrogen) atoms. The fraction of sp³-hybridized carbons (Fsp3) is 0.500. The van der Waals surface area contributed by atoms with Crippen molar-refractivity contribution in [3.8, 4) is 11.4 Å². The van der Waals surface area contributed by atoms with Gasteiger partial charge < -0.3 is 5.32 Å². The molecule has 1 aliphatic rings. The largest absolute Gasteiger partial charge is 0.326 e. The van der Waals surface area contributed by atoms with Crippen molar-refractivity contribution in [3.05, 3.63) is 24.3 Å². The monoisotopic (exact) mass is 363 g/mol. The Morgan fingerprint density at radius 2 is 2.33 bits per heavy atom. The Bertz CT molecular complexity index is 685. The lowest BCUT2D eigenvalue weighted by Crippen LogP contribution is -2.11. The molecule has 6 nitrogen and oxygen atoms in total. The molecule has 2 heterocycles. The molecule has 1 atom stereocenters. The predicted octanol–water partition coefficient (Wildman–Crippen LogP) is 3.53. The minimum atomic E-state index is 0.0627. The molecule has 0 saturated carbocycles. The zero-order chi connectivity index (χ0) is 16.8. The number of rotatable bonds is 7. The molecule has 1 saturated heterocycles. The van der Waals surface area contributed by atoms with E-state index in [4.69, 9.17) is 0 Å². The lowest BCUT2D eigenvalue weighted by atomic mass is 10.1. The van der Waals surface area contributed by atoms with Gasteiger partial charge in [-0.2, -0.15) is 4.80 Å². The van der Waals surface area contributed by atoms with E-state index in [-0.39, 0.29) is 5.91 Å². The molecule has 0 aliphatic carbocycles. The normalized spacial score (nSPS) is 17.1. The summed E-state index contributed by atoms with van der Waals surface area (Å²) in [5.41, 5.74) is 1.62. The van der Waals surface area contributed by atoms with Crippen molar-refractivity contribution in [1.29, 1.82) is 0 Å². The van der Waals surface area contributed by atoms with Crippen molar-refractivity contribution in [2.45, 2.75) is 37.4 Å². The maximum Gasteiger partial charge on any atom is 0.224 e. The number of aryl methyl sites for hydroxylation is 1. The van der Waals surface area contributed by atoms with Crippen LogP contribution >= 0.6 is 21.6 Å². The second kappa shape index (κ2) is 8.53. The molecular formula is C16H21N5OS2. The van der Waals surface area contributed by atoms with Crippen LogP contribution in [0.5, 0.6) is 0 Å². The van der Waals surface area contributed by atoms with Crippen molar-refractivity contribution in [1.82, 2.24) is 20.2 Å². The molecule has 1 N–H and O–H groups in total. The van der Waals surface area contributed by atoms with Gasteiger partial charge in [0.1, 0.15) is 0 Å². The molecule has 0 unspecified atom stereocenters. The lowest BCUT2D eigenvalue weighted by Gasteiger charge is -2.08. The number of tetrazole rings is 1. The second-order valence-electron chi connectivity index (χ2n) is 5.81. The highest BCUT2D eigenvalue weighted by Crippen LogP contribution is 2.39. The van der Waals surface area contributed by atoms with Crippen LogP contribution < -0.4 is 5.32 Å². The summed E-state index contributed by atoms with van der Waals surface area (Å²) in [6, 6.07) is 7.55. The Kier molecular flexibility index (Phi) is 6.14. The van der Waals surface area contributed by atoms with Crippen molar-refractivity contribution >= 4 is 33.2 Å². The van der Waals surface area contributed by atoms with Crippen LogP contribution in [0.15, 0.2) is 24.3 Å². The third-order valence-electron chi connectivity index (χ3n) is 3.82. The zero-order valence-corrected chi connectivity index (χ0v) is 15.3. The number of carbonyl (C=O) groups is 1. The number of amides is 1. The van der Waals surface area contributed by atoms with Crippen LogP contribution in [0.25, 0.3) is 11.4 Å². The summed E-state index contributed by atoms with van der Waals surface area (Å²) in [4.78, 5) is 13.5. The number of aromatic nitrogens is 4. The third kappa shape index (κ3) is 4.98. The first kappa shape index (κ1) is 17.3. The van der Waals surface area contributed by atoms with Crippen LogP contribution in [0.2, 0.25) is 0 Å². The number of hydrogen-bond acceptors (Lipinski definition) is 6. The van der Waals surface area contributed by atoms with Crippen LogP contribution in [-0.4, -0.2) is 37.1 Å². The van der Waals surface area contributed by atoms with E-state index in [1.165, 1.54) is 23.4 Å². The van der Waals surface area contributed by atoms with E-state index in [0.717, 1.165) is 29.3 Å². The summed E-state index contributed by atoms with van der Waals surface area (Å²) < 4.78 is 0. The van der Waals surface area contributed by atoms with Gasteiger partial charge in [-0.1, -0.05) is 40.1 Å². The van der Waals surface area contributed by atoms with Gasteiger partial charge in [0.15, 0.2) is 0 Å². The highest BCUT2D eigenvalue weighted by Gasteiger charge is 2.15. The average molecular weight is 364 g/mol. The molecule has 1 aromatic heterocycles. The Hall–Kier alpha value is -1.54. The van der Waals surface area contributed by atoms with Gasteiger partial charge >= 0.3 is 0 Å². The molecule has 1 fully saturated rings. The summed E-state index contributed by atoms with van der Waals surface area (Å²) in [6.07, 6.45) is 5.16. The zero-order valence-electron chi connectivity index (χ0n) is 13.6. The van der Waals surface area contributed by atoms with Gasteiger partial charge in [-0.25, -0.2) is 0 Å². The molecule has 3 rings (SSSR count). The van der Waals surface area contributed by atoms with Crippen LogP contribution in [0.4, 0.5) is 5.69 Å². The molecule has 0 radical (unpaired) electrons. The van der Waals surface area contributed by atoms with Crippen LogP contribution in [0.3, 0.4) is 0 Å². The van der Waals surface area contributed by atoms with Crippen LogP contribution in [-0.2, 0) is 11.8 Å². The molecule has 1 amide bonds. The fourth-order valence-corrected chi connectivity index (χ4v) is 5.61. The second-order valence-corrected chi connectivity index (χ2v) is 8.59. The molecule has 128 valence electrons. The number of nitrogens with one attached hydrogen (secondary N) is 1. The van der Waals surface area contributed by atoms with Crippen LogP contribution in [0.1, 0.15) is 32.1 Å². The van der Waals surface area contributed by atoms with Gasteiger partial charge in [-0.3, -0.25) is 4.79 Å². The topological polar surface area (TPSA) is 72.7 Å². The molecule has 0 bridgehead atoms. The van der Waals surface area contributed by atoms with E-state index in [9.17, 15) is 4.79 Å². The van der Waals surface area contributed by atoms with E-state index < -0.39 is 0 Å².